The maximum absolute atomic E-state index is 12.6. The molecular formula is C34H34N6O4. The van der Waals surface area contributed by atoms with Gasteiger partial charge in [0.25, 0.3) is 0 Å². The third-order valence-corrected chi connectivity index (χ3v) is 7.43. The van der Waals surface area contributed by atoms with Crippen molar-refractivity contribution in [3.05, 3.63) is 84.6 Å². The fraction of sp³-hybridized carbons (Fsp3) is 0.235. The highest BCUT2D eigenvalue weighted by molar-refractivity contribution is 6.00. The van der Waals surface area contributed by atoms with Crippen LogP contribution in [0.1, 0.15) is 26.0 Å². The largest absolute Gasteiger partial charge is 0.461 e. The highest BCUT2D eigenvalue weighted by Crippen LogP contribution is 2.32. The van der Waals surface area contributed by atoms with Crippen LogP contribution >= 0.6 is 0 Å². The lowest BCUT2D eigenvalue weighted by atomic mass is 10.1. The first kappa shape index (κ1) is 28.9. The number of nitrogens with one attached hydrogen (secondary N) is 3. The minimum absolute atomic E-state index is 0.0672. The summed E-state index contributed by atoms with van der Waals surface area (Å²) in [4.78, 5) is 36.4. The molecule has 3 N–H and O–H groups in total. The van der Waals surface area contributed by atoms with Gasteiger partial charge in [0.1, 0.15) is 17.3 Å². The van der Waals surface area contributed by atoms with Gasteiger partial charge < -0.3 is 30.0 Å². The number of aryl methyl sites for hydroxylation is 1. The minimum atomic E-state index is -0.378. The van der Waals surface area contributed by atoms with Gasteiger partial charge in [0, 0.05) is 59.5 Å². The topological polar surface area (TPSA) is 122 Å². The number of hydrogen-bond acceptors (Lipinski definition) is 7. The van der Waals surface area contributed by atoms with Gasteiger partial charge in [0.05, 0.1) is 18.7 Å². The number of urea groups is 1. The lowest BCUT2D eigenvalue weighted by Crippen LogP contribution is -2.37. The van der Waals surface area contributed by atoms with E-state index in [2.05, 4.69) is 39.9 Å². The van der Waals surface area contributed by atoms with Crippen LogP contribution in [0, 0.1) is 0 Å². The van der Waals surface area contributed by atoms with Gasteiger partial charge in [-0.15, -0.1) is 0 Å². The van der Waals surface area contributed by atoms with Crippen molar-refractivity contribution >= 4 is 45.7 Å². The van der Waals surface area contributed by atoms with Crippen LogP contribution < -0.4 is 20.9 Å². The molecule has 10 heteroatoms. The number of hydrogen-bond donors (Lipinski definition) is 3. The molecule has 3 heterocycles. The van der Waals surface area contributed by atoms with Gasteiger partial charge in [0.15, 0.2) is 5.82 Å². The molecule has 2 aromatic heterocycles. The Morgan fingerprint density at radius 3 is 2.05 bits per heavy atom. The number of fused-ring (bicyclic) bond motifs is 1. The molecular weight excluding hydrogens is 556 g/mol. The number of aromatic nitrogens is 2. The van der Waals surface area contributed by atoms with Crippen molar-refractivity contribution < 1.29 is 18.7 Å². The van der Waals surface area contributed by atoms with Crippen molar-refractivity contribution in [2.24, 2.45) is 0 Å². The normalized spacial score (nSPS) is 13.1. The summed E-state index contributed by atoms with van der Waals surface area (Å²) in [5.74, 6) is 3.15. The molecule has 0 saturated carbocycles. The maximum atomic E-state index is 12.6. The number of morpholine rings is 1. The number of benzene rings is 3. The number of ether oxygens (including phenoxy) is 1. The van der Waals surface area contributed by atoms with Crippen molar-refractivity contribution in [2.75, 3.05) is 47.2 Å². The van der Waals surface area contributed by atoms with Crippen molar-refractivity contribution in [3.63, 3.8) is 0 Å². The zero-order valence-electron chi connectivity index (χ0n) is 24.7. The number of amides is 3. The minimum Gasteiger partial charge on any atom is -0.461 e. The first-order valence-corrected chi connectivity index (χ1v) is 14.8. The molecule has 10 nitrogen and oxygen atoms in total. The fourth-order valence-electron chi connectivity index (χ4n) is 5.02. The second-order valence-corrected chi connectivity index (χ2v) is 10.5. The third kappa shape index (κ3) is 6.55. The Labute approximate surface area is 255 Å². The van der Waals surface area contributed by atoms with Crippen LogP contribution in [0.25, 0.3) is 33.6 Å². The van der Waals surface area contributed by atoms with Crippen LogP contribution in [0.15, 0.2) is 83.3 Å². The molecule has 44 heavy (non-hydrogen) atoms. The number of carbonyl (C=O) groups excluding carboxylic acids is 2. The molecule has 1 saturated heterocycles. The van der Waals surface area contributed by atoms with Gasteiger partial charge >= 0.3 is 6.03 Å². The number of carbonyl (C=O) groups is 2. The van der Waals surface area contributed by atoms with Crippen LogP contribution in [0.2, 0.25) is 0 Å². The predicted molar refractivity (Wildman–Crippen MR) is 173 cm³/mol. The summed E-state index contributed by atoms with van der Waals surface area (Å²) in [5, 5.41) is 9.42. The van der Waals surface area contributed by atoms with E-state index >= 15 is 0 Å². The van der Waals surface area contributed by atoms with Crippen molar-refractivity contribution in [2.45, 2.75) is 26.7 Å². The lowest BCUT2D eigenvalue weighted by Gasteiger charge is -2.29. The van der Waals surface area contributed by atoms with E-state index in [0.717, 1.165) is 58.9 Å². The molecule has 0 spiro atoms. The summed E-state index contributed by atoms with van der Waals surface area (Å²) in [6, 6.07) is 24.2. The van der Waals surface area contributed by atoms with E-state index in [4.69, 9.17) is 19.1 Å². The van der Waals surface area contributed by atoms with Crippen LogP contribution in [-0.4, -0.2) is 48.2 Å². The van der Waals surface area contributed by atoms with E-state index < -0.39 is 0 Å². The summed E-state index contributed by atoms with van der Waals surface area (Å²) in [7, 11) is 0. The Balaban J connectivity index is 1.22. The molecule has 0 aliphatic carbocycles. The smallest absolute Gasteiger partial charge is 0.323 e. The van der Waals surface area contributed by atoms with Gasteiger partial charge in [-0.1, -0.05) is 19.9 Å². The standard InChI is InChI=1S/C34H34N6O4/c1-3-27-14-16-30(44-27)23-7-15-28-29(21-23)38-32(39-33(28)40-17-19-43-20-18-40)22-5-8-25(9-6-22)36-34(42)37-26-12-10-24(11-13-26)35-31(41)4-2/h5-16,21H,3-4,17-20H2,1-2H3,(H,35,41)(H2,36,37,42). The van der Waals surface area contributed by atoms with Gasteiger partial charge in [0.2, 0.25) is 5.91 Å². The number of furan rings is 1. The highest BCUT2D eigenvalue weighted by atomic mass is 16.5. The molecule has 0 radical (unpaired) electrons. The summed E-state index contributed by atoms with van der Waals surface area (Å²) in [6.07, 6.45) is 1.23. The molecule has 6 rings (SSSR count). The van der Waals surface area contributed by atoms with E-state index in [9.17, 15) is 9.59 Å². The molecule has 1 fully saturated rings. The Hall–Kier alpha value is -5.22. The van der Waals surface area contributed by atoms with Crippen LogP contribution in [0.5, 0.6) is 0 Å². The van der Waals surface area contributed by atoms with Crippen LogP contribution in [0.3, 0.4) is 0 Å². The summed E-state index contributed by atoms with van der Waals surface area (Å²) >= 11 is 0. The summed E-state index contributed by atoms with van der Waals surface area (Å²) in [6.45, 7) is 6.65. The average Bonchev–Trinajstić information content (AvgIpc) is 3.55. The molecule has 0 bridgehead atoms. The molecule has 1 aliphatic rings. The van der Waals surface area contributed by atoms with Gasteiger partial charge in [-0.25, -0.2) is 14.8 Å². The lowest BCUT2D eigenvalue weighted by molar-refractivity contribution is -0.115. The predicted octanol–water partition coefficient (Wildman–Crippen LogP) is 6.95. The molecule has 224 valence electrons. The van der Waals surface area contributed by atoms with Crippen LogP contribution in [-0.2, 0) is 16.0 Å². The molecule has 1 aliphatic heterocycles. The quantitative estimate of drug-likeness (QED) is 0.179. The van der Waals surface area contributed by atoms with E-state index in [0.29, 0.717) is 42.5 Å². The molecule has 0 unspecified atom stereocenters. The fourth-order valence-corrected chi connectivity index (χ4v) is 5.02. The first-order chi connectivity index (χ1) is 21.5. The van der Waals surface area contributed by atoms with E-state index in [1.165, 1.54) is 0 Å². The Morgan fingerprint density at radius 2 is 1.41 bits per heavy atom. The summed E-state index contributed by atoms with van der Waals surface area (Å²) in [5.41, 5.74) is 4.52. The zero-order valence-corrected chi connectivity index (χ0v) is 24.7. The Kier molecular flexibility index (Phi) is 8.51. The number of anilines is 4. The van der Waals surface area contributed by atoms with Gasteiger partial charge in [-0.05, 0) is 72.8 Å². The van der Waals surface area contributed by atoms with Crippen molar-refractivity contribution in [1.29, 1.82) is 0 Å². The molecule has 3 amide bonds. The SMILES string of the molecule is CCC(=O)Nc1ccc(NC(=O)Nc2ccc(-c3nc(N4CCOCC4)c4ccc(-c5ccc(CC)o5)cc4n3)cc2)cc1. The van der Waals surface area contributed by atoms with Gasteiger partial charge in [-0.2, -0.15) is 0 Å². The number of nitrogens with zero attached hydrogens (tertiary/aromatic N) is 3. The van der Waals surface area contributed by atoms with Crippen molar-refractivity contribution in [3.8, 4) is 22.7 Å². The monoisotopic (exact) mass is 590 g/mol. The molecule has 0 atom stereocenters. The van der Waals surface area contributed by atoms with E-state index in [1.54, 1.807) is 31.2 Å². The zero-order chi connectivity index (χ0) is 30.5. The second-order valence-electron chi connectivity index (χ2n) is 10.5. The van der Waals surface area contributed by atoms with E-state index in [-0.39, 0.29) is 11.9 Å². The maximum Gasteiger partial charge on any atom is 0.323 e. The Bertz CT molecular complexity index is 1780. The average molecular weight is 591 g/mol. The van der Waals surface area contributed by atoms with Crippen molar-refractivity contribution in [1.82, 2.24) is 9.97 Å². The second kappa shape index (κ2) is 13.0. The van der Waals surface area contributed by atoms with E-state index in [1.807, 2.05) is 42.5 Å². The van der Waals surface area contributed by atoms with Crippen LogP contribution in [0.4, 0.5) is 27.7 Å². The third-order valence-electron chi connectivity index (χ3n) is 7.43. The first-order valence-electron chi connectivity index (χ1n) is 14.8. The molecule has 5 aromatic rings. The van der Waals surface area contributed by atoms with Gasteiger partial charge in [-0.3, -0.25) is 4.79 Å². The number of rotatable bonds is 8. The Morgan fingerprint density at radius 1 is 0.773 bits per heavy atom. The molecule has 3 aromatic carbocycles. The highest BCUT2D eigenvalue weighted by Gasteiger charge is 2.19. The summed E-state index contributed by atoms with van der Waals surface area (Å²) < 4.78 is 11.6.